The summed E-state index contributed by atoms with van der Waals surface area (Å²) in [5.74, 6) is 0. The Balaban J connectivity index is 1.10. The minimum absolute atomic E-state index is 0.115. The maximum absolute atomic E-state index is 6.42. The fraction of sp³-hybridized carbons (Fsp3) is 0.0588. The molecule has 2 heteroatoms. The van der Waals surface area contributed by atoms with Crippen molar-refractivity contribution in [3.05, 3.63) is 199 Å². The van der Waals surface area contributed by atoms with Gasteiger partial charge in [-0.3, -0.25) is 0 Å². The van der Waals surface area contributed by atoms with E-state index in [4.69, 9.17) is 4.42 Å². The summed E-state index contributed by atoms with van der Waals surface area (Å²) in [6.07, 6.45) is 0. The highest BCUT2D eigenvalue weighted by atomic mass is 16.3. The Labute approximate surface area is 310 Å². The molecule has 252 valence electrons. The molecular formula is C51H37NO. The Kier molecular flexibility index (Phi) is 7.19. The average molecular weight is 680 g/mol. The van der Waals surface area contributed by atoms with Crippen LogP contribution in [0.1, 0.15) is 25.0 Å². The molecule has 1 heterocycles. The van der Waals surface area contributed by atoms with Crippen molar-refractivity contribution >= 4 is 39.0 Å². The molecule has 0 unspecified atom stereocenters. The first-order chi connectivity index (χ1) is 26.0. The molecule has 1 aromatic heterocycles. The summed E-state index contributed by atoms with van der Waals surface area (Å²) in [4.78, 5) is 2.38. The lowest BCUT2D eigenvalue weighted by atomic mass is 9.82. The second kappa shape index (κ2) is 12.3. The fourth-order valence-electron chi connectivity index (χ4n) is 8.34. The van der Waals surface area contributed by atoms with E-state index < -0.39 is 0 Å². The van der Waals surface area contributed by atoms with Crippen molar-refractivity contribution in [2.75, 3.05) is 4.90 Å². The van der Waals surface area contributed by atoms with Crippen LogP contribution in [0.3, 0.4) is 0 Å². The average Bonchev–Trinajstić information content (AvgIpc) is 3.70. The van der Waals surface area contributed by atoms with Gasteiger partial charge in [0.05, 0.1) is 0 Å². The zero-order chi connectivity index (χ0) is 35.5. The van der Waals surface area contributed by atoms with E-state index in [0.29, 0.717) is 0 Å². The standard InChI is InChI=1S/C51H37NO/c1-51(2)47-23-8-6-21-43(47)44-27-25-41(32-48(44)51)52(42-26-28-46-45-22-7-9-24-49(45)53-50(46)33-42)40-20-12-19-39(31-40)38-18-11-17-37(30-38)36-16-10-15-35(29-36)34-13-4-3-5-14-34/h3-33H,1-2H3. The molecule has 0 radical (unpaired) electrons. The molecule has 0 saturated carbocycles. The molecule has 0 atom stereocenters. The number of hydrogen-bond donors (Lipinski definition) is 0. The number of anilines is 3. The van der Waals surface area contributed by atoms with Crippen LogP contribution in [0.2, 0.25) is 0 Å². The van der Waals surface area contributed by atoms with Gasteiger partial charge in [-0.1, -0.05) is 141 Å². The fourth-order valence-corrected chi connectivity index (χ4v) is 8.34. The quantitative estimate of drug-likeness (QED) is 0.174. The summed E-state index contributed by atoms with van der Waals surface area (Å²) >= 11 is 0. The lowest BCUT2D eigenvalue weighted by Gasteiger charge is -2.28. The largest absolute Gasteiger partial charge is 0.456 e. The molecule has 9 aromatic rings. The van der Waals surface area contributed by atoms with E-state index in [1.54, 1.807) is 0 Å². The maximum Gasteiger partial charge on any atom is 0.137 e. The highest BCUT2D eigenvalue weighted by Gasteiger charge is 2.35. The van der Waals surface area contributed by atoms with Gasteiger partial charge in [0, 0.05) is 39.3 Å². The molecule has 1 aliphatic carbocycles. The molecule has 2 nitrogen and oxygen atoms in total. The van der Waals surface area contributed by atoms with Crippen LogP contribution in [0, 0.1) is 0 Å². The zero-order valence-corrected chi connectivity index (χ0v) is 29.8. The van der Waals surface area contributed by atoms with E-state index in [-0.39, 0.29) is 5.41 Å². The van der Waals surface area contributed by atoms with E-state index in [2.05, 4.69) is 195 Å². The molecule has 10 rings (SSSR count). The Hall–Kier alpha value is -6.64. The van der Waals surface area contributed by atoms with Crippen molar-refractivity contribution in [3.8, 4) is 44.5 Å². The molecule has 0 aliphatic heterocycles. The van der Waals surface area contributed by atoms with Crippen LogP contribution in [-0.4, -0.2) is 0 Å². The smallest absolute Gasteiger partial charge is 0.137 e. The van der Waals surface area contributed by atoms with Crippen LogP contribution < -0.4 is 4.90 Å². The van der Waals surface area contributed by atoms with Crippen molar-refractivity contribution in [2.24, 2.45) is 0 Å². The van der Waals surface area contributed by atoms with Crippen molar-refractivity contribution in [3.63, 3.8) is 0 Å². The minimum atomic E-state index is -0.115. The van der Waals surface area contributed by atoms with Crippen molar-refractivity contribution in [1.82, 2.24) is 0 Å². The second-order valence-corrected chi connectivity index (χ2v) is 14.6. The third-order valence-electron chi connectivity index (χ3n) is 11.0. The monoisotopic (exact) mass is 679 g/mol. The van der Waals surface area contributed by atoms with Crippen molar-refractivity contribution < 1.29 is 4.42 Å². The highest BCUT2D eigenvalue weighted by Crippen LogP contribution is 2.51. The SMILES string of the molecule is CC1(C)c2ccccc2-c2ccc(N(c3cccc(-c4cccc(-c5cccc(-c6ccccc6)c5)c4)c3)c3ccc4c(c3)oc3ccccc34)cc21. The van der Waals surface area contributed by atoms with Gasteiger partial charge in [-0.25, -0.2) is 0 Å². The zero-order valence-electron chi connectivity index (χ0n) is 29.8. The molecule has 8 aromatic carbocycles. The highest BCUT2D eigenvalue weighted by molar-refractivity contribution is 6.06. The first-order valence-electron chi connectivity index (χ1n) is 18.3. The van der Waals surface area contributed by atoms with E-state index in [1.807, 2.05) is 12.1 Å². The van der Waals surface area contributed by atoms with Gasteiger partial charge in [0.15, 0.2) is 0 Å². The third-order valence-corrected chi connectivity index (χ3v) is 11.0. The number of para-hydroxylation sites is 1. The topological polar surface area (TPSA) is 16.4 Å². The first-order valence-corrected chi connectivity index (χ1v) is 18.3. The van der Waals surface area contributed by atoms with E-state index in [1.165, 1.54) is 50.1 Å². The Morgan fingerprint density at radius 1 is 0.358 bits per heavy atom. The summed E-state index contributed by atoms with van der Waals surface area (Å²) in [7, 11) is 0. The number of fused-ring (bicyclic) bond motifs is 6. The van der Waals surface area contributed by atoms with Crippen molar-refractivity contribution in [2.45, 2.75) is 19.3 Å². The van der Waals surface area contributed by atoms with E-state index >= 15 is 0 Å². The molecule has 0 saturated heterocycles. The molecule has 0 spiro atoms. The van der Waals surface area contributed by atoms with Gasteiger partial charge in [0.1, 0.15) is 11.2 Å². The van der Waals surface area contributed by atoms with Crippen LogP contribution in [0.25, 0.3) is 66.4 Å². The van der Waals surface area contributed by atoms with E-state index in [0.717, 1.165) is 44.6 Å². The molecule has 0 N–H and O–H groups in total. The van der Waals surface area contributed by atoms with Gasteiger partial charge in [0.25, 0.3) is 0 Å². The number of nitrogens with zero attached hydrogens (tertiary/aromatic N) is 1. The molecule has 1 aliphatic rings. The van der Waals surface area contributed by atoms with Crippen LogP contribution in [0.4, 0.5) is 17.1 Å². The summed E-state index contributed by atoms with van der Waals surface area (Å²) in [6.45, 7) is 4.69. The van der Waals surface area contributed by atoms with Crippen LogP contribution in [0.5, 0.6) is 0 Å². The summed E-state index contributed by atoms with van der Waals surface area (Å²) in [5, 5.41) is 2.26. The minimum Gasteiger partial charge on any atom is -0.456 e. The maximum atomic E-state index is 6.42. The predicted molar refractivity (Wildman–Crippen MR) is 222 cm³/mol. The number of benzene rings is 8. The molecule has 53 heavy (non-hydrogen) atoms. The van der Waals surface area contributed by atoms with Crippen LogP contribution >= 0.6 is 0 Å². The summed E-state index contributed by atoms with van der Waals surface area (Å²) < 4.78 is 6.42. The summed E-state index contributed by atoms with van der Waals surface area (Å²) in [5.41, 5.74) is 17.4. The van der Waals surface area contributed by atoms with Gasteiger partial charge >= 0.3 is 0 Å². The Bertz CT molecular complexity index is 2820. The van der Waals surface area contributed by atoms with Gasteiger partial charge in [0.2, 0.25) is 0 Å². The van der Waals surface area contributed by atoms with E-state index in [9.17, 15) is 0 Å². The second-order valence-electron chi connectivity index (χ2n) is 14.6. The van der Waals surface area contributed by atoms with Crippen LogP contribution in [-0.2, 0) is 5.41 Å². The van der Waals surface area contributed by atoms with Gasteiger partial charge < -0.3 is 9.32 Å². The van der Waals surface area contributed by atoms with Gasteiger partial charge in [-0.15, -0.1) is 0 Å². The summed E-state index contributed by atoms with van der Waals surface area (Å²) in [6, 6.07) is 67.9. The van der Waals surface area contributed by atoms with Crippen molar-refractivity contribution in [1.29, 1.82) is 0 Å². The van der Waals surface area contributed by atoms with Crippen LogP contribution in [0.15, 0.2) is 192 Å². The lowest BCUT2D eigenvalue weighted by molar-refractivity contribution is 0.660. The third kappa shape index (κ3) is 5.26. The number of hydrogen-bond acceptors (Lipinski definition) is 2. The normalized spacial score (nSPS) is 12.9. The number of rotatable bonds is 6. The predicted octanol–water partition coefficient (Wildman–Crippen LogP) is 14.4. The first kappa shape index (κ1) is 31.1. The number of furan rings is 1. The molecule has 0 fully saturated rings. The molecular weight excluding hydrogens is 643 g/mol. The molecule has 0 amide bonds. The lowest BCUT2D eigenvalue weighted by Crippen LogP contribution is -2.16. The van der Waals surface area contributed by atoms with Gasteiger partial charge in [-0.2, -0.15) is 0 Å². The van der Waals surface area contributed by atoms with Gasteiger partial charge in [-0.05, 0) is 110 Å². The Morgan fingerprint density at radius 2 is 0.887 bits per heavy atom. The Morgan fingerprint density at radius 3 is 1.66 bits per heavy atom. The molecule has 0 bridgehead atoms.